The number of benzene rings is 1. The van der Waals surface area contributed by atoms with Crippen molar-refractivity contribution in [2.75, 3.05) is 20.8 Å². The smallest absolute Gasteiger partial charge is 0.316 e. The van der Waals surface area contributed by atoms with E-state index in [-0.39, 0.29) is 18.7 Å². The maximum absolute atomic E-state index is 12.5. The molecule has 5 nitrogen and oxygen atoms in total. The topological polar surface area (TPSA) is 59.0 Å². The summed E-state index contributed by atoms with van der Waals surface area (Å²) in [5.74, 6) is -0.316. The van der Waals surface area contributed by atoms with Crippen LogP contribution in [0.4, 0.5) is 0 Å². The van der Waals surface area contributed by atoms with Gasteiger partial charge in [0.25, 0.3) is 0 Å². The second kappa shape index (κ2) is 6.89. The second-order valence-electron chi connectivity index (χ2n) is 6.59. The zero-order valence-corrected chi connectivity index (χ0v) is 13.8. The number of rotatable bonds is 5. The van der Waals surface area contributed by atoms with E-state index in [2.05, 4.69) is 11.9 Å². The molecule has 0 aromatic heterocycles. The molecule has 2 aliphatic heterocycles. The normalized spacial score (nSPS) is 28.4. The van der Waals surface area contributed by atoms with E-state index in [4.69, 9.17) is 9.47 Å². The Morgan fingerprint density at radius 2 is 2.04 bits per heavy atom. The zero-order valence-electron chi connectivity index (χ0n) is 13.8. The van der Waals surface area contributed by atoms with Gasteiger partial charge in [-0.25, -0.2) is 0 Å². The van der Waals surface area contributed by atoms with Gasteiger partial charge in [0.2, 0.25) is 0 Å². The van der Waals surface area contributed by atoms with Crippen LogP contribution in [0.5, 0.6) is 5.75 Å². The Kier molecular flexibility index (Phi) is 4.87. The Morgan fingerprint density at radius 3 is 2.65 bits per heavy atom. The molecule has 0 aliphatic carbocycles. The summed E-state index contributed by atoms with van der Waals surface area (Å²) in [6.07, 6.45) is 4.14. The molecule has 2 fully saturated rings. The first-order valence-electron chi connectivity index (χ1n) is 8.29. The first-order valence-corrected chi connectivity index (χ1v) is 8.29. The van der Waals surface area contributed by atoms with Crippen molar-refractivity contribution in [3.63, 3.8) is 0 Å². The number of hydrogen-bond donors (Lipinski definition) is 1. The summed E-state index contributed by atoms with van der Waals surface area (Å²) < 4.78 is 10.9. The lowest BCUT2D eigenvalue weighted by atomic mass is 9.98. The summed E-state index contributed by atoms with van der Waals surface area (Å²) in [5.41, 5.74) is 0.729. The molecule has 1 aromatic carbocycles. The minimum Gasteiger partial charge on any atom is -0.497 e. The molecule has 126 valence electrons. The quantitative estimate of drug-likeness (QED) is 0.841. The van der Waals surface area contributed by atoms with Crippen molar-refractivity contribution in [2.24, 2.45) is 0 Å². The number of esters is 1. The lowest BCUT2D eigenvalue weighted by Crippen LogP contribution is -2.43. The highest BCUT2D eigenvalue weighted by Gasteiger charge is 2.40. The number of methoxy groups -OCH3 is 1. The maximum Gasteiger partial charge on any atom is 0.316 e. The molecule has 5 heteroatoms. The minimum absolute atomic E-state index is 0.0316. The highest BCUT2D eigenvalue weighted by molar-refractivity contribution is 5.78. The summed E-state index contributed by atoms with van der Waals surface area (Å²) in [4.78, 5) is 14.9. The van der Waals surface area contributed by atoms with E-state index in [0.717, 1.165) is 18.4 Å². The third-order valence-electron chi connectivity index (χ3n) is 5.30. The average molecular weight is 319 g/mol. The lowest BCUT2D eigenvalue weighted by Gasteiger charge is -2.36. The summed E-state index contributed by atoms with van der Waals surface area (Å²) >= 11 is 0. The Balaban J connectivity index is 1.66. The van der Waals surface area contributed by atoms with Crippen molar-refractivity contribution in [1.82, 2.24) is 4.90 Å². The number of carbonyl (C=O) groups excluding carboxylic acids is 1. The molecule has 23 heavy (non-hydrogen) atoms. The molecule has 1 aromatic rings. The van der Waals surface area contributed by atoms with Gasteiger partial charge in [0.1, 0.15) is 17.8 Å². The van der Waals surface area contributed by atoms with Gasteiger partial charge < -0.3 is 19.5 Å². The van der Waals surface area contributed by atoms with Gasteiger partial charge >= 0.3 is 5.97 Å². The van der Waals surface area contributed by atoms with E-state index in [1.165, 1.54) is 12.8 Å². The fourth-order valence-electron chi connectivity index (χ4n) is 3.88. The predicted molar refractivity (Wildman–Crippen MR) is 86.5 cm³/mol. The van der Waals surface area contributed by atoms with E-state index in [1.807, 2.05) is 18.2 Å². The van der Waals surface area contributed by atoms with Crippen LogP contribution in [0.1, 0.15) is 37.2 Å². The van der Waals surface area contributed by atoms with Gasteiger partial charge in [0.15, 0.2) is 0 Å². The zero-order chi connectivity index (χ0) is 16.4. The average Bonchev–Trinajstić information content (AvgIpc) is 2.77. The Labute approximate surface area is 137 Å². The highest BCUT2D eigenvalue weighted by atomic mass is 16.5. The maximum atomic E-state index is 12.5. The summed E-state index contributed by atoms with van der Waals surface area (Å²) in [7, 11) is 3.74. The van der Waals surface area contributed by atoms with Crippen molar-refractivity contribution in [2.45, 2.75) is 49.8 Å². The summed E-state index contributed by atoms with van der Waals surface area (Å²) in [6.45, 7) is -0.258. The van der Waals surface area contributed by atoms with Crippen LogP contribution >= 0.6 is 0 Å². The first kappa shape index (κ1) is 16.3. The Morgan fingerprint density at radius 1 is 1.35 bits per heavy atom. The third kappa shape index (κ3) is 3.35. The van der Waals surface area contributed by atoms with Gasteiger partial charge in [-0.15, -0.1) is 0 Å². The monoisotopic (exact) mass is 319 g/mol. The van der Waals surface area contributed by atoms with Crippen molar-refractivity contribution in [3.8, 4) is 5.75 Å². The number of carbonyl (C=O) groups is 1. The molecular weight excluding hydrogens is 294 g/mol. The molecule has 0 saturated carbocycles. The van der Waals surface area contributed by atoms with Crippen molar-refractivity contribution in [1.29, 1.82) is 0 Å². The summed E-state index contributed by atoms with van der Waals surface area (Å²) in [6, 6.07) is 8.29. The van der Waals surface area contributed by atoms with Crippen LogP contribution in [-0.2, 0) is 9.53 Å². The van der Waals surface area contributed by atoms with Crippen molar-refractivity contribution in [3.05, 3.63) is 29.8 Å². The Bertz CT molecular complexity index is 548. The minimum atomic E-state index is -0.651. The van der Waals surface area contributed by atoms with Crippen molar-refractivity contribution >= 4 is 5.97 Å². The molecule has 2 heterocycles. The van der Waals surface area contributed by atoms with Crippen LogP contribution in [-0.4, -0.2) is 54.9 Å². The molecule has 1 N–H and O–H groups in total. The van der Waals surface area contributed by atoms with Gasteiger partial charge in [-0.1, -0.05) is 12.1 Å². The fraction of sp³-hybridized carbons (Fsp3) is 0.611. The summed E-state index contributed by atoms with van der Waals surface area (Å²) in [5, 5.41) is 9.65. The number of fused-ring (bicyclic) bond motifs is 2. The van der Waals surface area contributed by atoms with Crippen LogP contribution < -0.4 is 4.74 Å². The molecule has 0 radical (unpaired) electrons. The number of hydrogen-bond acceptors (Lipinski definition) is 5. The van der Waals surface area contributed by atoms with Crippen LogP contribution in [0.2, 0.25) is 0 Å². The third-order valence-corrected chi connectivity index (χ3v) is 5.30. The van der Waals surface area contributed by atoms with Crippen LogP contribution in [0, 0.1) is 0 Å². The highest BCUT2D eigenvalue weighted by Crippen LogP contribution is 2.36. The molecule has 0 spiro atoms. The number of ether oxygens (including phenoxy) is 2. The predicted octanol–water partition coefficient (Wildman–Crippen LogP) is 1.94. The molecule has 2 aliphatic rings. The van der Waals surface area contributed by atoms with Crippen LogP contribution in [0.15, 0.2) is 24.3 Å². The van der Waals surface area contributed by atoms with Gasteiger partial charge in [-0.3, -0.25) is 4.79 Å². The fourth-order valence-corrected chi connectivity index (χ4v) is 3.88. The van der Waals surface area contributed by atoms with Crippen molar-refractivity contribution < 1.29 is 19.4 Å². The molecular formula is C18H25NO4. The number of piperidine rings is 1. The molecule has 3 unspecified atom stereocenters. The van der Waals surface area contributed by atoms with Gasteiger partial charge in [0.05, 0.1) is 13.7 Å². The van der Waals surface area contributed by atoms with E-state index in [1.54, 1.807) is 13.2 Å². The lowest BCUT2D eigenvalue weighted by molar-refractivity contribution is -0.155. The van der Waals surface area contributed by atoms with Gasteiger partial charge in [-0.2, -0.15) is 0 Å². The molecule has 0 amide bonds. The number of aliphatic hydroxyl groups is 1. The van der Waals surface area contributed by atoms with Gasteiger partial charge in [0, 0.05) is 12.1 Å². The van der Waals surface area contributed by atoms with Gasteiger partial charge in [-0.05, 0) is 50.4 Å². The van der Waals surface area contributed by atoms with E-state index in [9.17, 15) is 9.90 Å². The molecule has 2 saturated heterocycles. The van der Waals surface area contributed by atoms with Crippen LogP contribution in [0.3, 0.4) is 0 Å². The number of nitrogens with zero attached hydrogens (tertiary/aromatic N) is 1. The molecule has 2 bridgehead atoms. The SMILES string of the molecule is COc1cccc(C(CO)C(=O)OC2CC3CCC(C2)N3C)c1. The molecule has 3 rings (SSSR count). The number of aliphatic hydroxyl groups excluding tert-OH is 1. The van der Waals surface area contributed by atoms with E-state index < -0.39 is 5.92 Å². The largest absolute Gasteiger partial charge is 0.497 e. The standard InChI is InChI=1S/C18H25NO4/c1-19-13-6-7-14(19)10-16(9-13)23-18(21)17(11-20)12-4-3-5-15(8-12)22-2/h3-5,8,13-14,16-17,20H,6-7,9-11H2,1-2H3. The second-order valence-corrected chi connectivity index (χ2v) is 6.59. The molecule has 3 atom stereocenters. The van der Waals surface area contributed by atoms with Crippen LogP contribution in [0.25, 0.3) is 0 Å². The first-order chi connectivity index (χ1) is 11.1. The Hall–Kier alpha value is -1.59. The van der Waals surface area contributed by atoms with E-state index >= 15 is 0 Å². The van der Waals surface area contributed by atoms with E-state index in [0.29, 0.717) is 17.8 Å².